The fourth-order valence-corrected chi connectivity index (χ4v) is 3.88. The molecule has 1 amide bonds. The van der Waals surface area contributed by atoms with Gasteiger partial charge in [0.25, 0.3) is 0 Å². The van der Waals surface area contributed by atoms with Crippen LogP contribution in [0.2, 0.25) is 5.22 Å². The van der Waals surface area contributed by atoms with Crippen molar-refractivity contribution in [3.05, 3.63) is 51.9 Å². The number of carbonyl (C=O) groups excluding carboxylic acids is 1. The summed E-state index contributed by atoms with van der Waals surface area (Å²) in [6.45, 7) is 3.93. The highest BCUT2D eigenvalue weighted by atomic mass is 35.5. The van der Waals surface area contributed by atoms with Gasteiger partial charge in [0.15, 0.2) is 0 Å². The first-order valence-corrected chi connectivity index (χ1v) is 8.87. The Morgan fingerprint density at radius 3 is 2.71 bits per heavy atom. The lowest BCUT2D eigenvalue weighted by molar-refractivity contribution is -0.123. The summed E-state index contributed by atoms with van der Waals surface area (Å²) in [7, 11) is 0. The van der Waals surface area contributed by atoms with Crippen LogP contribution in [0.25, 0.3) is 0 Å². The van der Waals surface area contributed by atoms with E-state index in [2.05, 4.69) is 41.7 Å². The maximum Gasteiger partial charge on any atom is 0.229 e. The molecule has 1 aromatic heterocycles. The highest BCUT2D eigenvalue weighted by Crippen LogP contribution is 2.39. The van der Waals surface area contributed by atoms with E-state index in [0.717, 1.165) is 36.9 Å². The number of aryl methyl sites for hydroxylation is 2. The van der Waals surface area contributed by atoms with Crippen LogP contribution in [0.5, 0.6) is 0 Å². The van der Waals surface area contributed by atoms with Crippen LogP contribution >= 0.6 is 11.6 Å². The summed E-state index contributed by atoms with van der Waals surface area (Å²) in [4.78, 5) is 12.6. The molecular formula is C19H23ClN2O2. The van der Waals surface area contributed by atoms with Gasteiger partial charge in [-0.1, -0.05) is 47.8 Å². The minimum absolute atomic E-state index is 0.0510. The number of hydrogen-bond donors (Lipinski definition) is 1. The first-order valence-electron chi connectivity index (χ1n) is 8.49. The minimum atomic E-state index is -0.226. The maximum atomic E-state index is 12.6. The molecule has 0 bridgehead atoms. The van der Waals surface area contributed by atoms with Crippen molar-refractivity contribution in [3.63, 3.8) is 0 Å². The summed E-state index contributed by atoms with van der Waals surface area (Å²) in [6, 6.07) is 8.47. The largest absolute Gasteiger partial charge is 0.347 e. The summed E-state index contributed by atoms with van der Waals surface area (Å²) in [5, 5.41) is 7.42. The van der Waals surface area contributed by atoms with Gasteiger partial charge in [0.05, 0.1) is 11.2 Å². The molecule has 0 aliphatic heterocycles. The maximum absolute atomic E-state index is 12.6. The van der Waals surface area contributed by atoms with Crippen molar-refractivity contribution in [2.75, 3.05) is 0 Å². The Bertz CT molecular complexity index is 713. The van der Waals surface area contributed by atoms with E-state index < -0.39 is 0 Å². The number of amides is 1. The van der Waals surface area contributed by atoms with E-state index in [1.54, 1.807) is 0 Å². The molecule has 128 valence electrons. The van der Waals surface area contributed by atoms with Crippen molar-refractivity contribution in [1.29, 1.82) is 0 Å². The number of benzene rings is 1. The summed E-state index contributed by atoms with van der Waals surface area (Å²) in [6.07, 6.45) is 5.21. The molecular weight excluding hydrogens is 324 g/mol. The molecule has 1 fully saturated rings. The topological polar surface area (TPSA) is 55.1 Å². The molecule has 1 saturated carbocycles. The molecule has 1 heterocycles. The molecule has 0 unspecified atom stereocenters. The van der Waals surface area contributed by atoms with E-state index >= 15 is 0 Å². The first kappa shape index (κ1) is 17.0. The molecule has 24 heavy (non-hydrogen) atoms. The van der Waals surface area contributed by atoms with Crippen molar-refractivity contribution in [2.24, 2.45) is 0 Å². The molecule has 2 aromatic rings. The quantitative estimate of drug-likeness (QED) is 0.869. The normalized spacial score (nSPS) is 16.3. The molecule has 1 aliphatic rings. The van der Waals surface area contributed by atoms with Gasteiger partial charge >= 0.3 is 0 Å². The third-order valence-electron chi connectivity index (χ3n) is 4.95. The van der Waals surface area contributed by atoms with E-state index in [1.807, 2.05) is 6.92 Å². The number of carbonyl (C=O) groups is 1. The van der Waals surface area contributed by atoms with E-state index in [1.165, 1.54) is 11.1 Å². The average molecular weight is 347 g/mol. The number of aromatic nitrogens is 1. The molecule has 0 atom stereocenters. The Kier molecular flexibility index (Phi) is 4.95. The second-order valence-electron chi connectivity index (χ2n) is 6.73. The van der Waals surface area contributed by atoms with Gasteiger partial charge in [0.2, 0.25) is 11.1 Å². The summed E-state index contributed by atoms with van der Waals surface area (Å²) in [5.41, 5.74) is 3.79. The summed E-state index contributed by atoms with van der Waals surface area (Å²) in [5.74, 6) is 0.0510. The van der Waals surface area contributed by atoms with Crippen molar-refractivity contribution >= 4 is 17.5 Å². The monoisotopic (exact) mass is 346 g/mol. The van der Waals surface area contributed by atoms with Gasteiger partial charge in [-0.25, -0.2) is 0 Å². The van der Waals surface area contributed by atoms with E-state index in [0.29, 0.717) is 12.8 Å². The number of rotatable bonds is 5. The molecule has 5 heteroatoms. The van der Waals surface area contributed by atoms with Crippen molar-refractivity contribution in [3.8, 4) is 0 Å². The molecule has 1 aromatic carbocycles. The third-order valence-corrected chi connectivity index (χ3v) is 5.24. The SMILES string of the molecule is Cc1cccc(C2(NC(=O)CCc3c(C)noc3Cl)CCCC2)c1. The van der Waals surface area contributed by atoms with E-state index in [4.69, 9.17) is 16.1 Å². The number of nitrogens with zero attached hydrogens (tertiary/aromatic N) is 1. The first-order chi connectivity index (χ1) is 11.5. The summed E-state index contributed by atoms with van der Waals surface area (Å²) >= 11 is 5.98. The molecule has 0 radical (unpaired) electrons. The van der Waals surface area contributed by atoms with E-state index in [-0.39, 0.29) is 16.7 Å². The summed E-state index contributed by atoms with van der Waals surface area (Å²) < 4.78 is 4.95. The Balaban J connectivity index is 1.71. The van der Waals surface area contributed by atoms with Gasteiger partial charge in [-0.05, 0) is 50.3 Å². The predicted octanol–water partition coefficient (Wildman–Crippen LogP) is 4.46. The van der Waals surface area contributed by atoms with Crippen molar-refractivity contribution in [1.82, 2.24) is 10.5 Å². The second kappa shape index (κ2) is 6.98. The standard InChI is InChI=1S/C19H23ClN2O2/c1-13-6-5-7-15(12-13)19(10-3-4-11-19)21-17(23)9-8-16-14(2)22-24-18(16)20/h5-7,12H,3-4,8-11H2,1-2H3,(H,21,23). The Labute approximate surface area is 147 Å². The molecule has 1 aliphatic carbocycles. The van der Waals surface area contributed by atoms with Crippen LogP contribution in [0.3, 0.4) is 0 Å². The van der Waals surface area contributed by atoms with Gasteiger partial charge in [0.1, 0.15) is 0 Å². The van der Waals surface area contributed by atoms with Crippen LogP contribution < -0.4 is 5.32 Å². The van der Waals surface area contributed by atoms with Gasteiger partial charge < -0.3 is 9.84 Å². The highest BCUT2D eigenvalue weighted by molar-refractivity contribution is 6.29. The third kappa shape index (κ3) is 3.48. The van der Waals surface area contributed by atoms with E-state index in [9.17, 15) is 4.79 Å². The molecule has 0 spiro atoms. The van der Waals surface area contributed by atoms with Gasteiger partial charge in [-0.15, -0.1) is 0 Å². The Morgan fingerprint density at radius 1 is 1.33 bits per heavy atom. The number of hydrogen-bond acceptors (Lipinski definition) is 3. The van der Waals surface area contributed by atoms with Crippen LogP contribution in [0.15, 0.2) is 28.8 Å². The lowest BCUT2D eigenvalue weighted by Gasteiger charge is -2.31. The Morgan fingerprint density at radius 2 is 2.08 bits per heavy atom. The molecule has 1 N–H and O–H groups in total. The van der Waals surface area contributed by atoms with Crippen LogP contribution in [-0.4, -0.2) is 11.1 Å². The second-order valence-corrected chi connectivity index (χ2v) is 7.07. The molecule has 4 nitrogen and oxygen atoms in total. The van der Waals surface area contributed by atoms with Crippen LogP contribution in [0.4, 0.5) is 0 Å². The van der Waals surface area contributed by atoms with Gasteiger partial charge in [-0.2, -0.15) is 0 Å². The minimum Gasteiger partial charge on any atom is -0.347 e. The number of nitrogens with one attached hydrogen (secondary N) is 1. The average Bonchev–Trinajstić information content (AvgIpc) is 3.14. The zero-order chi connectivity index (χ0) is 17.2. The molecule has 0 saturated heterocycles. The lowest BCUT2D eigenvalue weighted by Crippen LogP contribution is -2.43. The van der Waals surface area contributed by atoms with Crippen LogP contribution in [-0.2, 0) is 16.8 Å². The predicted molar refractivity (Wildman–Crippen MR) is 94.0 cm³/mol. The van der Waals surface area contributed by atoms with Crippen LogP contribution in [0.1, 0.15) is 54.5 Å². The fourth-order valence-electron chi connectivity index (χ4n) is 3.62. The smallest absolute Gasteiger partial charge is 0.229 e. The number of halogens is 1. The zero-order valence-corrected chi connectivity index (χ0v) is 14.9. The van der Waals surface area contributed by atoms with Crippen molar-refractivity contribution < 1.29 is 9.32 Å². The van der Waals surface area contributed by atoms with Crippen molar-refractivity contribution in [2.45, 2.75) is 57.9 Å². The van der Waals surface area contributed by atoms with Gasteiger partial charge in [-0.3, -0.25) is 4.79 Å². The van der Waals surface area contributed by atoms with Gasteiger partial charge in [0, 0.05) is 12.0 Å². The Hall–Kier alpha value is -1.81. The fraction of sp³-hybridized carbons (Fsp3) is 0.474. The highest BCUT2D eigenvalue weighted by Gasteiger charge is 2.36. The van der Waals surface area contributed by atoms with Crippen LogP contribution in [0, 0.1) is 13.8 Å². The zero-order valence-electron chi connectivity index (χ0n) is 14.2. The molecule has 3 rings (SSSR count). The lowest BCUT2D eigenvalue weighted by atomic mass is 9.87.